The van der Waals surface area contributed by atoms with Crippen molar-refractivity contribution in [3.63, 3.8) is 0 Å². The summed E-state index contributed by atoms with van der Waals surface area (Å²) in [5.74, 6) is -0.678. The third-order valence-electron chi connectivity index (χ3n) is 2.99. The van der Waals surface area contributed by atoms with Crippen molar-refractivity contribution < 1.29 is 13.2 Å². The van der Waals surface area contributed by atoms with Crippen molar-refractivity contribution >= 4 is 39.7 Å². The van der Waals surface area contributed by atoms with Crippen LogP contribution in [0.15, 0.2) is 24.3 Å². The summed E-state index contributed by atoms with van der Waals surface area (Å²) in [5.41, 5.74) is 6.95. The van der Waals surface area contributed by atoms with Gasteiger partial charge in [0.15, 0.2) is 16.7 Å². The van der Waals surface area contributed by atoms with Gasteiger partial charge in [-0.15, -0.1) is 0 Å². The minimum absolute atomic E-state index is 0.0217. The van der Waals surface area contributed by atoms with Gasteiger partial charge in [-0.2, -0.15) is 0 Å². The van der Waals surface area contributed by atoms with Gasteiger partial charge in [-0.3, -0.25) is 4.79 Å². The van der Waals surface area contributed by atoms with Crippen LogP contribution in [0.5, 0.6) is 0 Å². The van der Waals surface area contributed by atoms with Crippen LogP contribution < -0.4 is 11.1 Å². The fourth-order valence-electron chi connectivity index (χ4n) is 1.97. The van der Waals surface area contributed by atoms with Crippen molar-refractivity contribution in [1.82, 2.24) is 9.97 Å². The number of aryl methyl sites for hydroxylation is 1. The molecule has 1 aromatic carbocycles. The number of nitrogens with two attached hydrogens (primary N) is 1. The Morgan fingerprint density at radius 3 is 2.70 bits per heavy atom. The molecule has 0 aliphatic heterocycles. The van der Waals surface area contributed by atoms with Crippen LogP contribution in [0.3, 0.4) is 0 Å². The minimum Gasteiger partial charge on any atom is -0.364 e. The molecule has 2 aromatic rings. The zero-order valence-electron chi connectivity index (χ0n) is 12.2. The molecule has 1 aromatic heterocycles. The van der Waals surface area contributed by atoms with Gasteiger partial charge >= 0.3 is 0 Å². The van der Waals surface area contributed by atoms with Crippen molar-refractivity contribution in [2.24, 2.45) is 5.73 Å². The molecule has 0 atom stereocenters. The molecule has 0 aliphatic carbocycles. The summed E-state index contributed by atoms with van der Waals surface area (Å²) in [4.78, 5) is 19.8. The molecule has 2 rings (SSSR count). The average molecular weight is 355 g/mol. The highest BCUT2D eigenvalue weighted by Gasteiger charge is 2.16. The largest absolute Gasteiger partial charge is 0.364 e. The number of amides is 1. The highest BCUT2D eigenvalue weighted by atomic mass is 35.5. The zero-order valence-corrected chi connectivity index (χ0v) is 13.9. The van der Waals surface area contributed by atoms with Crippen molar-refractivity contribution in [1.29, 1.82) is 0 Å². The second kappa shape index (κ2) is 7.38. The molecule has 7 nitrogen and oxygen atoms in total. The third-order valence-corrected chi connectivity index (χ3v) is 3.91. The Morgan fingerprint density at radius 2 is 2.09 bits per heavy atom. The van der Waals surface area contributed by atoms with E-state index in [1.807, 2.05) is 6.92 Å². The van der Waals surface area contributed by atoms with Gasteiger partial charge in [0, 0.05) is 5.69 Å². The predicted molar refractivity (Wildman–Crippen MR) is 88.7 cm³/mol. The van der Waals surface area contributed by atoms with Crippen LogP contribution in [0.4, 0.5) is 11.5 Å². The van der Waals surface area contributed by atoms with Crippen molar-refractivity contribution in [3.05, 3.63) is 46.4 Å². The van der Waals surface area contributed by atoms with E-state index in [2.05, 4.69) is 15.3 Å². The molecule has 0 fully saturated rings. The number of carbonyl (C=O) groups is 1. The van der Waals surface area contributed by atoms with Crippen LogP contribution in [-0.4, -0.2) is 24.3 Å². The van der Waals surface area contributed by atoms with Crippen LogP contribution in [0.2, 0.25) is 5.15 Å². The van der Waals surface area contributed by atoms with E-state index in [0.717, 1.165) is 0 Å². The van der Waals surface area contributed by atoms with E-state index in [9.17, 15) is 13.2 Å². The van der Waals surface area contributed by atoms with E-state index in [1.165, 1.54) is 0 Å². The number of nitrogens with one attached hydrogen (secondary N) is 1. The highest BCUT2D eigenvalue weighted by Crippen LogP contribution is 2.23. The summed E-state index contributed by atoms with van der Waals surface area (Å²) >= 11 is 6.03. The molecule has 0 radical (unpaired) electrons. The Kier molecular flexibility index (Phi) is 5.51. The zero-order chi connectivity index (χ0) is 17.0. The topological polar surface area (TPSA) is 115 Å². The Balaban J connectivity index is 2.39. The molecule has 0 unspecified atom stereocenters. The Morgan fingerprint density at radius 1 is 1.35 bits per heavy atom. The second-order valence-electron chi connectivity index (χ2n) is 4.69. The van der Waals surface area contributed by atoms with Crippen molar-refractivity contribution in [2.45, 2.75) is 19.1 Å². The number of halogens is 1. The summed E-state index contributed by atoms with van der Waals surface area (Å²) in [6, 6.07) is 6.72. The first-order chi connectivity index (χ1) is 10.9. The average Bonchev–Trinajstić information content (AvgIpc) is 2.46. The molecule has 1 amide bonds. The fraction of sp³-hybridized carbons (Fsp3) is 0.214. The molecule has 0 aliphatic rings. The maximum Gasteiger partial charge on any atom is 0.271 e. The number of anilines is 2. The number of rotatable bonds is 6. The summed E-state index contributed by atoms with van der Waals surface area (Å²) < 4.78 is 21.6. The monoisotopic (exact) mass is 354 g/mol. The van der Waals surface area contributed by atoms with E-state index in [4.69, 9.17) is 17.3 Å². The van der Waals surface area contributed by atoms with Crippen LogP contribution in [0, 0.1) is 0 Å². The van der Waals surface area contributed by atoms with E-state index in [0.29, 0.717) is 23.4 Å². The normalized spacial score (nSPS) is 10.7. The highest BCUT2D eigenvalue weighted by molar-refractivity contribution is 7.71. The summed E-state index contributed by atoms with van der Waals surface area (Å²) in [6.45, 7) is 1.83. The van der Waals surface area contributed by atoms with Gasteiger partial charge in [0.1, 0.15) is 10.7 Å². The third kappa shape index (κ3) is 4.40. The summed E-state index contributed by atoms with van der Waals surface area (Å²) in [6.07, 6.45) is 0.512. The molecule has 3 N–H and O–H groups in total. The number of benzene rings is 1. The number of hydrogen-bond acceptors (Lipinski definition) is 6. The smallest absolute Gasteiger partial charge is 0.271 e. The van der Waals surface area contributed by atoms with Crippen LogP contribution in [0.25, 0.3) is 0 Å². The molecule has 0 saturated heterocycles. The lowest BCUT2D eigenvalue weighted by Gasteiger charge is -2.11. The molecule has 1 heterocycles. The molecule has 0 spiro atoms. The molecule has 23 heavy (non-hydrogen) atoms. The molecular weight excluding hydrogens is 340 g/mol. The predicted octanol–water partition coefficient (Wildman–Crippen LogP) is 1.65. The number of nitrogens with zero attached hydrogens (tertiary/aromatic N) is 2. The maximum atomic E-state index is 11.6. The molecule has 0 saturated carbocycles. The van der Waals surface area contributed by atoms with Gasteiger partial charge in [-0.25, -0.2) is 18.4 Å². The standard InChI is InChI=1S/C14H15ClN4O3S/c1-2-10-12(15)19-14(11(18-10)13(16)20)17-9-5-3-4-8(6-9)7-23(21)22/h3-6,23H,2,7H2,1H3,(H2,16,20)(H,17,19). The lowest BCUT2D eigenvalue weighted by atomic mass is 10.2. The molecule has 122 valence electrons. The van der Waals surface area contributed by atoms with Gasteiger partial charge in [-0.1, -0.05) is 30.7 Å². The maximum absolute atomic E-state index is 11.6. The number of carbonyl (C=O) groups excluding carboxylic acids is 1. The number of hydrogen-bond donors (Lipinski definition) is 3. The van der Waals surface area contributed by atoms with E-state index >= 15 is 0 Å². The number of primary amides is 1. The van der Waals surface area contributed by atoms with Gasteiger partial charge < -0.3 is 11.1 Å². The Hall–Kier alpha value is -2.19. The van der Waals surface area contributed by atoms with Crippen molar-refractivity contribution in [3.8, 4) is 0 Å². The minimum atomic E-state index is -2.53. The molecule has 9 heteroatoms. The molecule has 0 bridgehead atoms. The van der Waals surface area contributed by atoms with Crippen molar-refractivity contribution in [2.75, 3.05) is 5.32 Å². The van der Waals surface area contributed by atoms with E-state index in [-0.39, 0.29) is 22.4 Å². The Bertz CT molecular complexity index is 816. The van der Waals surface area contributed by atoms with E-state index < -0.39 is 16.6 Å². The molecular formula is C14H15ClN4O3S. The van der Waals surface area contributed by atoms with Gasteiger partial charge in [0.2, 0.25) is 0 Å². The SMILES string of the molecule is CCc1nc(C(N)=O)c(Nc2cccc(C[SH](=O)=O)c2)nc1Cl. The second-order valence-corrected chi connectivity index (χ2v) is 6.03. The summed E-state index contributed by atoms with van der Waals surface area (Å²) in [7, 11) is -2.53. The number of aromatic nitrogens is 2. The first kappa shape index (κ1) is 17.2. The van der Waals surface area contributed by atoms with Gasteiger partial charge in [0.05, 0.1) is 11.4 Å². The summed E-state index contributed by atoms with van der Waals surface area (Å²) in [5, 5.41) is 3.08. The van der Waals surface area contributed by atoms with Gasteiger partial charge in [-0.05, 0) is 24.1 Å². The first-order valence-electron chi connectivity index (χ1n) is 6.74. The lowest BCUT2D eigenvalue weighted by molar-refractivity contribution is 0.0996. The number of thiol groups is 1. The first-order valence-corrected chi connectivity index (χ1v) is 8.48. The Labute approximate surface area is 139 Å². The van der Waals surface area contributed by atoms with Crippen LogP contribution in [-0.2, 0) is 22.9 Å². The van der Waals surface area contributed by atoms with Crippen LogP contribution >= 0.6 is 11.6 Å². The fourth-order valence-corrected chi connectivity index (χ4v) is 2.72. The lowest BCUT2D eigenvalue weighted by Crippen LogP contribution is -2.18. The van der Waals surface area contributed by atoms with Gasteiger partial charge in [0.25, 0.3) is 5.91 Å². The quantitative estimate of drug-likeness (QED) is 0.679. The van der Waals surface area contributed by atoms with E-state index in [1.54, 1.807) is 24.3 Å². The van der Waals surface area contributed by atoms with Crippen LogP contribution in [0.1, 0.15) is 28.7 Å².